The van der Waals surface area contributed by atoms with Crippen LogP contribution in [0.15, 0.2) is 47.5 Å². The van der Waals surface area contributed by atoms with E-state index in [1.807, 2.05) is 24.3 Å². The number of fused-ring (bicyclic) bond motifs is 2. The lowest BCUT2D eigenvalue weighted by Gasteiger charge is -2.04. The van der Waals surface area contributed by atoms with Crippen LogP contribution in [0, 0.1) is 17.5 Å². The van der Waals surface area contributed by atoms with Crippen molar-refractivity contribution < 1.29 is 13.2 Å². The predicted molar refractivity (Wildman–Crippen MR) is 86.2 cm³/mol. The minimum atomic E-state index is -1.49. The van der Waals surface area contributed by atoms with Crippen molar-refractivity contribution in [2.75, 3.05) is 0 Å². The summed E-state index contributed by atoms with van der Waals surface area (Å²) in [4.78, 5) is 7.94. The lowest BCUT2D eigenvalue weighted by molar-refractivity contribution is 0.453. The molecule has 0 atom stereocenters. The van der Waals surface area contributed by atoms with E-state index in [0.717, 1.165) is 16.3 Å². The molecule has 0 fully saturated rings. The minimum Gasteiger partial charge on any atom is -0.358 e. The molecule has 2 heterocycles. The van der Waals surface area contributed by atoms with Gasteiger partial charge in [0.15, 0.2) is 17.5 Å². The first kappa shape index (κ1) is 14.1. The summed E-state index contributed by atoms with van der Waals surface area (Å²) in [6.07, 6.45) is 1.49. The number of hydrogen-bond acceptors (Lipinski definition) is 2. The van der Waals surface area contributed by atoms with E-state index in [0.29, 0.717) is 16.8 Å². The molecule has 0 aliphatic rings. The van der Waals surface area contributed by atoms with E-state index in [2.05, 4.69) is 22.6 Å². The summed E-state index contributed by atoms with van der Waals surface area (Å²) in [5.74, 6) is -3.95. The Labute approximate surface area is 134 Å². The van der Waals surface area contributed by atoms with E-state index in [9.17, 15) is 13.2 Å². The zero-order valence-corrected chi connectivity index (χ0v) is 12.5. The standard InChI is InChI=1S/C17H9F3N2S/c18-11-6-9-10(7-21-17(9)16(20)15(11)19)13-5-4-8-12(22-13)2-1-3-14(8)23/h1-7,21,23H. The first-order valence-electron chi connectivity index (χ1n) is 6.80. The van der Waals surface area contributed by atoms with Gasteiger partial charge in [0.05, 0.1) is 16.7 Å². The Morgan fingerprint density at radius 1 is 0.957 bits per heavy atom. The lowest BCUT2D eigenvalue weighted by atomic mass is 10.1. The van der Waals surface area contributed by atoms with Crippen LogP contribution in [0.5, 0.6) is 0 Å². The fourth-order valence-corrected chi connectivity index (χ4v) is 2.95. The van der Waals surface area contributed by atoms with Gasteiger partial charge in [-0.1, -0.05) is 6.07 Å². The molecule has 0 aliphatic heterocycles. The second-order valence-electron chi connectivity index (χ2n) is 5.15. The quantitative estimate of drug-likeness (QED) is 0.369. The van der Waals surface area contributed by atoms with Crippen LogP contribution < -0.4 is 0 Å². The van der Waals surface area contributed by atoms with Crippen LogP contribution in [-0.2, 0) is 0 Å². The highest BCUT2D eigenvalue weighted by Crippen LogP contribution is 2.32. The van der Waals surface area contributed by atoms with Crippen molar-refractivity contribution in [1.29, 1.82) is 0 Å². The van der Waals surface area contributed by atoms with Crippen molar-refractivity contribution in [3.63, 3.8) is 0 Å². The van der Waals surface area contributed by atoms with Crippen molar-refractivity contribution in [2.45, 2.75) is 4.90 Å². The van der Waals surface area contributed by atoms with Crippen LogP contribution in [-0.4, -0.2) is 9.97 Å². The summed E-state index contributed by atoms with van der Waals surface area (Å²) in [5, 5.41) is 1.12. The molecule has 0 bridgehead atoms. The zero-order chi connectivity index (χ0) is 16.1. The van der Waals surface area contributed by atoms with Gasteiger partial charge in [-0.15, -0.1) is 12.6 Å². The Morgan fingerprint density at radius 2 is 1.78 bits per heavy atom. The molecule has 4 rings (SSSR count). The first-order valence-corrected chi connectivity index (χ1v) is 7.24. The number of aromatic nitrogens is 2. The number of nitrogens with zero attached hydrogens (tertiary/aromatic N) is 1. The van der Waals surface area contributed by atoms with Crippen LogP contribution in [0.3, 0.4) is 0 Å². The molecule has 1 N–H and O–H groups in total. The summed E-state index contributed by atoms with van der Waals surface area (Å²) in [6, 6.07) is 10.1. The molecule has 0 spiro atoms. The summed E-state index contributed by atoms with van der Waals surface area (Å²) >= 11 is 4.37. The number of H-pyrrole nitrogens is 1. The molecule has 4 aromatic rings. The summed E-state index contributed by atoms with van der Waals surface area (Å²) in [5.41, 5.74) is 1.67. The van der Waals surface area contributed by atoms with Gasteiger partial charge in [-0.25, -0.2) is 18.2 Å². The number of aromatic amines is 1. The van der Waals surface area contributed by atoms with E-state index in [4.69, 9.17) is 0 Å². The second-order valence-corrected chi connectivity index (χ2v) is 5.63. The molecule has 0 amide bonds. The maximum atomic E-state index is 13.8. The summed E-state index contributed by atoms with van der Waals surface area (Å²) in [7, 11) is 0. The normalized spacial score (nSPS) is 11.5. The fourth-order valence-electron chi connectivity index (χ4n) is 2.67. The Hall–Kier alpha value is -2.47. The Bertz CT molecular complexity index is 1070. The van der Waals surface area contributed by atoms with Gasteiger partial charge < -0.3 is 4.98 Å². The minimum absolute atomic E-state index is 0.0799. The third kappa shape index (κ3) is 2.09. The summed E-state index contributed by atoms with van der Waals surface area (Å²) < 4.78 is 40.7. The molecule has 0 saturated heterocycles. The average Bonchev–Trinajstić information content (AvgIpc) is 2.96. The number of hydrogen-bond donors (Lipinski definition) is 2. The third-order valence-corrected chi connectivity index (χ3v) is 4.19. The van der Waals surface area contributed by atoms with Crippen LogP contribution in [0.4, 0.5) is 13.2 Å². The molecule has 2 aromatic carbocycles. The number of rotatable bonds is 1. The second kappa shape index (κ2) is 5.03. The molecule has 2 aromatic heterocycles. The van der Waals surface area contributed by atoms with Crippen LogP contribution in [0.1, 0.15) is 0 Å². The first-order chi connectivity index (χ1) is 11.1. The van der Waals surface area contributed by atoms with Gasteiger partial charge in [0.1, 0.15) is 0 Å². The van der Waals surface area contributed by atoms with Gasteiger partial charge in [0.2, 0.25) is 0 Å². The Balaban J connectivity index is 1.99. The largest absolute Gasteiger partial charge is 0.358 e. The lowest BCUT2D eigenvalue weighted by Crippen LogP contribution is -1.92. The van der Waals surface area contributed by atoms with E-state index in [1.165, 1.54) is 6.20 Å². The van der Waals surface area contributed by atoms with Gasteiger partial charge >= 0.3 is 0 Å². The van der Waals surface area contributed by atoms with E-state index < -0.39 is 17.5 Å². The van der Waals surface area contributed by atoms with Crippen molar-refractivity contribution in [3.8, 4) is 11.3 Å². The highest BCUT2D eigenvalue weighted by Gasteiger charge is 2.18. The van der Waals surface area contributed by atoms with Gasteiger partial charge in [-0.05, 0) is 30.3 Å². The number of nitrogens with one attached hydrogen (secondary N) is 1. The molecule has 6 heteroatoms. The van der Waals surface area contributed by atoms with E-state index in [-0.39, 0.29) is 10.9 Å². The smallest absolute Gasteiger partial charge is 0.196 e. The van der Waals surface area contributed by atoms with Gasteiger partial charge in [-0.3, -0.25) is 0 Å². The SMILES string of the molecule is Fc1cc2c(-c3ccc4c(S)cccc4n3)c[nH]c2c(F)c1F. The molecule has 23 heavy (non-hydrogen) atoms. The molecular weight excluding hydrogens is 321 g/mol. The Morgan fingerprint density at radius 3 is 2.61 bits per heavy atom. The van der Waals surface area contributed by atoms with Crippen LogP contribution >= 0.6 is 12.6 Å². The topological polar surface area (TPSA) is 28.7 Å². The van der Waals surface area contributed by atoms with Crippen molar-refractivity contribution in [3.05, 3.63) is 60.0 Å². The maximum absolute atomic E-state index is 13.8. The molecule has 2 nitrogen and oxygen atoms in total. The maximum Gasteiger partial charge on any atom is 0.196 e. The molecule has 0 aliphatic carbocycles. The number of halogens is 3. The van der Waals surface area contributed by atoms with Crippen molar-refractivity contribution >= 4 is 34.4 Å². The van der Waals surface area contributed by atoms with Crippen molar-refractivity contribution in [1.82, 2.24) is 9.97 Å². The number of benzene rings is 2. The zero-order valence-electron chi connectivity index (χ0n) is 11.6. The van der Waals surface area contributed by atoms with Crippen LogP contribution in [0.25, 0.3) is 33.1 Å². The van der Waals surface area contributed by atoms with Gasteiger partial charge in [0, 0.05) is 27.4 Å². The molecule has 0 unspecified atom stereocenters. The van der Waals surface area contributed by atoms with Crippen LogP contribution in [0.2, 0.25) is 0 Å². The van der Waals surface area contributed by atoms with Crippen molar-refractivity contribution in [2.24, 2.45) is 0 Å². The predicted octanol–water partition coefficient (Wildman–Crippen LogP) is 5.09. The third-order valence-electron chi connectivity index (χ3n) is 3.80. The average molecular weight is 330 g/mol. The fraction of sp³-hybridized carbons (Fsp3) is 0. The molecule has 0 saturated carbocycles. The highest BCUT2D eigenvalue weighted by atomic mass is 32.1. The van der Waals surface area contributed by atoms with E-state index in [1.54, 1.807) is 6.07 Å². The van der Waals surface area contributed by atoms with Gasteiger partial charge in [-0.2, -0.15) is 0 Å². The Kier molecular flexibility index (Phi) is 3.09. The number of pyridine rings is 1. The molecule has 114 valence electrons. The molecule has 0 radical (unpaired) electrons. The monoisotopic (exact) mass is 330 g/mol. The van der Waals surface area contributed by atoms with E-state index >= 15 is 0 Å². The highest BCUT2D eigenvalue weighted by molar-refractivity contribution is 7.80. The molecular formula is C17H9F3N2S. The van der Waals surface area contributed by atoms with Gasteiger partial charge in [0.25, 0.3) is 0 Å². The summed E-state index contributed by atoms with van der Waals surface area (Å²) in [6.45, 7) is 0. The number of thiol groups is 1.